The summed E-state index contributed by atoms with van der Waals surface area (Å²) in [6.07, 6.45) is 0. The number of carbonyl (C=O) groups excluding carboxylic acids is 1. The van der Waals surface area contributed by atoms with Crippen LogP contribution in [0, 0.1) is 5.82 Å². The molecule has 1 rings (SSSR count). The molecule has 0 saturated heterocycles. The Morgan fingerprint density at radius 1 is 1.53 bits per heavy atom. The van der Waals surface area contributed by atoms with E-state index < -0.39 is 0 Å². The summed E-state index contributed by atoms with van der Waals surface area (Å²) >= 11 is 0. The number of amides is 1. The molecule has 5 heteroatoms. The highest BCUT2D eigenvalue weighted by molar-refractivity contribution is 5.77. The summed E-state index contributed by atoms with van der Waals surface area (Å²) in [5.41, 5.74) is 0. The summed E-state index contributed by atoms with van der Waals surface area (Å²) < 4.78 is 18.2. The maximum Gasteiger partial charge on any atom is 0.236 e. The minimum atomic E-state index is -0.331. The summed E-state index contributed by atoms with van der Waals surface area (Å²) in [6, 6.07) is 5.93. The lowest BCUT2D eigenvalue weighted by Crippen LogP contribution is -2.36. The van der Waals surface area contributed by atoms with Gasteiger partial charge in [-0.15, -0.1) is 0 Å². The summed E-state index contributed by atoms with van der Waals surface area (Å²) in [4.78, 5) is 13.0. The van der Waals surface area contributed by atoms with Gasteiger partial charge in [0.15, 0.2) is 0 Å². The fourth-order valence-corrected chi connectivity index (χ4v) is 1.27. The topological polar surface area (TPSA) is 41.6 Å². The highest BCUT2D eigenvalue weighted by atomic mass is 19.1. The standard InChI is InChI=1S/C12H17FN2O2/c1-14-9-12(16)15(2)6-7-17-11-5-3-4-10(13)8-11/h3-5,8,14H,6-7,9H2,1-2H3. The van der Waals surface area contributed by atoms with Crippen LogP contribution in [0.5, 0.6) is 5.75 Å². The number of likely N-dealkylation sites (N-methyl/N-ethyl adjacent to an activating group) is 2. The molecule has 0 aliphatic heterocycles. The predicted octanol–water partition coefficient (Wildman–Crippen LogP) is 0.882. The van der Waals surface area contributed by atoms with Crippen LogP contribution in [0.2, 0.25) is 0 Å². The molecule has 0 radical (unpaired) electrons. The van der Waals surface area contributed by atoms with Gasteiger partial charge in [-0.25, -0.2) is 4.39 Å². The van der Waals surface area contributed by atoms with Crippen LogP contribution < -0.4 is 10.1 Å². The first-order valence-corrected chi connectivity index (χ1v) is 5.40. The predicted molar refractivity (Wildman–Crippen MR) is 63.5 cm³/mol. The second-order valence-corrected chi connectivity index (χ2v) is 3.65. The van der Waals surface area contributed by atoms with Crippen LogP contribution in [0.4, 0.5) is 4.39 Å². The van der Waals surface area contributed by atoms with E-state index in [1.165, 1.54) is 12.1 Å². The molecule has 94 valence electrons. The minimum absolute atomic E-state index is 0.00431. The van der Waals surface area contributed by atoms with E-state index in [2.05, 4.69) is 5.32 Å². The van der Waals surface area contributed by atoms with Gasteiger partial charge < -0.3 is 15.0 Å². The first kappa shape index (κ1) is 13.4. The molecule has 0 bridgehead atoms. The lowest BCUT2D eigenvalue weighted by Gasteiger charge is -2.17. The normalized spacial score (nSPS) is 10.1. The minimum Gasteiger partial charge on any atom is -0.492 e. The average molecular weight is 240 g/mol. The summed E-state index contributed by atoms with van der Waals surface area (Å²) in [7, 11) is 3.42. The molecule has 0 aliphatic carbocycles. The van der Waals surface area contributed by atoms with Crippen molar-refractivity contribution in [2.24, 2.45) is 0 Å². The van der Waals surface area contributed by atoms with Crippen LogP contribution in [0.1, 0.15) is 0 Å². The SMILES string of the molecule is CNCC(=O)N(C)CCOc1cccc(F)c1. The Labute approximate surface area is 100 Å². The van der Waals surface area contributed by atoms with E-state index in [1.807, 2.05) is 0 Å². The fourth-order valence-electron chi connectivity index (χ4n) is 1.27. The molecule has 4 nitrogen and oxygen atoms in total. The number of nitrogens with one attached hydrogen (secondary N) is 1. The molecular formula is C12H17FN2O2. The number of rotatable bonds is 6. The van der Waals surface area contributed by atoms with E-state index in [1.54, 1.807) is 31.1 Å². The molecule has 0 aromatic heterocycles. The van der Waals surface area contributed by atoms with Crippen LogP contribution in [-0.2, 0) is 4.79 Å². The first-order chi connectivity index (χ1) is 8.13. The van der Waals surface area contributed by atoms with Crippen molar-refractivity contribution < 1.29 is 13.9 Å². The Morgan fingerprint density at radius 3 is 2.94 bits per heavy atom. The smallest absolute Gasteiger partial charge is 0.236 e. The van der Waals surface area contributed by atoms with Gasteiger partial charge in [0.1, 0.15) is 18.2 Å². The Balaban J connectivity index is 2.30. The Morgan fingerprint density at radius 2 is 2.29 bits per heavy atom. The molecular weight excluding hydrogens is 223 g/mol. The molecule has 0 unspecified atom stereocenters. The summed E-state index contributed by atoms with van der Waals surface area (Å²) in [5, 5.41) is 2.78. The van der Waals surface area contributed by atoms with E-state index >= 15 is 0 Å². The number of benzene rings is 1. The lowest BCUT2D eigenvalue weighted by atomic mass is 10.3. The van der Waals surface area contributed by atoms with E-state index in [4.69, 9.17) is 4.74 Å². The molecule has 0 fully saturated rings. The van der Waals surface area contributed by atoms with Crippen LogP contribution in [0.25, 0.3) is 0 Å². The van der Waals surface area contributed by atoms with Crippen LogP contribution in [-0.4, -0.2) is 44.6 Å². The maximum atomic E-state index is 12.8. The van der Waals surface area contributed by atoms with Gasteiger partial charge >= 0.3 is 0 Å². The number of ether oxygens (including phenoxy) is 1. The fraction of sp³-hybridized carbons (Fsp3) is 0.417. The van der Waals surface area contributed by atoms with Crippen molar-refractivity contribution in [2.75, 3.05) is 33.8 Å². The largest absolute Gasteiger partial charge is 0.492 e. The Hall–Kier alpha value is -1.62. The third-order valence-corrected chi connectivity index (χ3v) is 2.25. The number of hydrogen-bond acceptors (Lipinski definition) is 3. The van der Waals surface area contributed by atoms with Gasteiger partial charge in [-0.05, 0) is 19.2 Å². The zero-order valence-corrected chi connectivity index (χ0v) is 10.1. The van der Waals surface area contributed by atoms with Gasteiger partial charge in [-0.3, -0.25) is 4.79 Å². The van der Waals surface area contributed by atoms with E-state index in [0.29, 0.717) is 25.4 Å². The third kappa shape index (κ3) is 4.82. The second-order valence-electron chi connectivity index (χ2n) is 3.65. The van der Waals surface area contributed by atoms with Crippen molar-refractivity contribution in [3.05, 3.63) is 30.1 Å². The van der Waals surface area contributed by atoms with Crippen LogP contribution in [0.15, 0.2) is 24.3 Å². The van der Waals surface area contributed by atoms with Crippen molar-refractivity contribution in [2.45, 2.75) is 0 Å². The van der Waals surface area contributed by atoms with Gasteiger partial charge in [0.05, 0.1) is 13.1 Å². The van der Waals surface area contributed by atoms with E-state index in [9.17, 15) is 9.18 Å². The number of nitrogens with zero attached hydrogens (tertiary/aromatic N) is 1. The molecule has 1 N–H and O–H groups in total. The van der Waals surface area contributed by atoms with Crippen LogP contribution >= 0.6 is 0 Å². The monoisotopic (exact) mass is 240 g/mol. The van der Waals surface area contributed by atoms with Gasteiger partial charge in [0.2, 0.25) is 5.91 Å². The number of carbonyl (C=O) groups is 1. The molecule has 1 aromatic carbocycles. The van der Waals surface area contributed by atoms with Gasteiger partial charge in [-0.2, -0.15) is 0 Å². The Kier molecular flexibility index (Phi) is 5.42. The van der Waals surface area contributed by atoms with Crippen molar-refractivity contribution in [1.82, 2.24) is 10.2 Å². The quantitative estimate of drug-likeness (QED) is 0.802. The van der Waals surface area contributed by atoms with Crippen molar-refractivity contribution in [3.8, 4) is 5.75 Å². The molecule has 0 heterocycles. The highest BCUT2D eigenvalue weighted by Crippen LogP contribution is 2.11. The van der Waals surface area contributed by atoms with E-state index in [-0.39, 0.29) is 11.7 Å². The van der Waals surface area contributed by atoms with Gasteiger partial charge in [0.25, 0.3) is 0 Å². The summed E-state index contributed by atoms with van der Waals surface area (Å²) in [5.74, 6) is 0.136. The second kappa shape index (κ2) is 6.85. The van der Waals surface area contributed by atoms with Gasteiger partial charge in [-0.1, -0.05) is 6.07 Å². The zero-order chi connectivity index (χ0) is 12.7. The van der Waals surface area contributed by atoms with Crippen LogP contribution in [0.3, 0.4) is 0 Å². The molecule has 0 atom stereocenters. The number of halogens is 1. The highest BCUT2D eigenvalue weighted by Gasteiger charge is 2.06. The maximum absolute atomic E-state index is 12.8. The lowest BCUT2D eigenvalue weighted by molar-refractivity contribution is -0.129. The summed E-state index contributed by atoms with van der Waals surface area (Å²) in [6.45, 7) is 1.11. The number of hydrogen-bond donors (Lipinski definition) is 1. The van der Waals surface area contributed by atoms with Gasteiger partial charge in [0, 0.05) is 13.1 Å². The van der Waals surface area contributed by atoms with Crippen molar-refractivity contribution >= 4 is 5.91 Å². The molecule has 0 aliphatic rings. The Bertz CT molecular complexity index is 371. The molecule has 1 aromatic rings. The third-order valence-electron chi connectivity index (χ3n) is 2.25. The molecule has 0 saturated carbocycles. The van der Waals surface area contributed by atoms with Crippen molar-refractivity contribution in [1.29, 1.82) is 0 Å². The first-order valence-electron chi connectivity index (χ1n) is 5.40. The molecule has 17 heavy (non-hydrogen) atoms. The molecule has 0 spiro atoms. The van der Waals surface area contributed by atoms with E-state index in [0.717, 1.165) is 0 Å². The zero-order valence-electron chi connectivity index (χ0n) is 10.1. The average Bonchev–Trinajstić information content (AvgIpc) is 2.29. The molecule has 1 amide bonds. The van der Waals surface area contributed by atoms with Crippen molar-refractivity contribution in [3.63, 3.8) is 0 Å².